The topological polar surface area (TPSA) is 79.7 Å². The molecular formula is C30H28Cl2FN5O3. The lowest BCUT2D eigenvalue weighted by Gasteiger charge is -2.28. The van der Waals surface area contributed by atoms with Crippen LogP contribution in [0.5, 0.6) is 5.75 Å². The molecule has 212 valence electrons. The number of methoxy groups -OCH3 is 1. The van der Waals surface area contributed by atoms with Crippen molar-refractivity contribution in [3.8, 4) is 11.4 Å². The van der Waals surface area contributed by atoms with E-state index in [1.54, 1.807) is 49.8 Å². The predicted octanol–water partition coefficient (Wildman–Crippen LogP) is 6.86. The molecule has 3 heterocycles. The van der Waals surface area contributed by atoms with Crippen LogP contribution in [0.4, 0.5) is 21.6 Å². The van der Waals surface area contributed by atoms with Gasteiger partial charge in [-0.05, 0) is 42.3 Å². The molecule has 2 amide bonds. The molecule has 2 aromatic carbocycles. The van der Waals surface area contributed by atoms with Gasteiger partial charge in [0.25, 0.3) is 11.8 Å². The van der Waals surface area contributed by atoms with E-state index in [9.17, 15) is 9.59 Å². The summed E-state index contributed by atoms with van der Waals surface area (Å²) in [4.78, 5) is 35.2. The number of aromatic nitrogens is 2. The highest BCUT2D eigenvalue weighted by atomic mass is 35.5. The maximum Gasteiger partial charge on any atom is 0.260 e. The number of nitrogens with one attached hydrogen (secondary N) is 1. The maximum atomic E-state index is 15.4. The van der Waals surface area contributed by atoms with E-state index in [1.807, 2.05) is 37.4 Å². The number of rotatable bonds is 7. The van der Waals surface area contributed by atoms with Crippen molar-refractivity contribution in [1.29, 1.82) is 0 Å². The van der Waals surface area contributed by atoms with Gasteiger partial charge in [-0.1, -0.05) is 43.1 Å². The molecule has 1 N–H and O–H groups in total. The monoisotopic (exact) mass is 595 g/mol. The second-order valence-electron chi connectivity index (χ2n) is 10.2. The lowest BCUT2D eigenvalue weighted by atomic mass is 10.0. The molecule has 1 aliphatic rings. The molecule has 0 fully saturated rings. The summed E-state index contributed by atoms with van der Waals surface area (Å²) in [5, 5.41) is 3.39. The van der Waals surface area contributed by atoms with Crippen molar-refractivity contribution in [2.24, 2.45) is 0 Å². The van der Waals surface area contributed by atoms with Crippen LogP contribution in [0.1, 0.15) is 47.4 Å². The van der Waals surface area contributed by atoms with E-state index in [4.69, 9.17) is 27.9 Å². The van der Waals surface area contributed by atoms with Crippen LogP contribution in [-0.2, 0) is 4.79 Å². The number of hydrogen-bond acceptors (Lipinski definition) is 5. The zero-order valence-corrected chi connectivity index (χ0v) is 24.6. The normalized spacial score (nSPS) is 14.2. The van der Waals surface area contributed by atoms with E-state index in [-0.39, 0.29) is 22.2 Å². The van der Waals surface area contributed by atoms with Gasteiger partial charge in [0.05, 0.1) is 24.6 Å². The molecule has 11 heteroatoms. The van der Waals surface area contributed by atoms with E-state index in [2.05, 4.69) is 10.3 Å². The number of anilines is 3. The molecule has 0 saturated heterocycles. The fourth-order valence-corrected chi connectivity index (χ4v) is 5.25. The minimum Gasteiger partial charge on any atom is -0.494 e. The average molecular weight is 596 g/mol. The summed E-state index contributed by atoms with van der Waals surface area (Å²) >= 11 is 12.4. The van der Waals surface area contributed by atoms with Crippen molar-refractivity contribution in [2.75, 3.05) is 36.3 Å². The quantitative estimate of drug-likeness (QED) is 0.252. The van der Waals surface area contributed by atoms with Gasteiger partial charge < -0.3 is 19.5 Å². The number of fused-ring (bicyclic) bond motifs is 1. The van der Waals surface area contributed by atoms with Gasteiger partial charge in [-0.3, -0.25) is 14.5 Å². The average Bonchev–Trinajstić information content (AvgIpc) is 3.51. The third-order valence-corrected chi connectivity index (χ3v) is 7.39. The number of nitrogens with zero attached hydrogens (tertiary/aromatic N) is 4. The Morgan fingerprint density at radius 1 is 1.10 bits per heavy atom. The van der Waals surface area contributed by atoms with Gasteiger partial charge in [0.2, 0.25) is 0 Å². The summed E-state index contributed by atoms with van der Waals surface area (Å²) in [7, 11) is 5.32. The molecule has 41 heavy (non-hydrogen) atoms. The fraction of sp³-hybridized carbons (Fsp3) is 0.233. The number of ether oxygens (including phenoxy) is 1. The Labute approximate surface area is 247 Å². The van der Waals surface area contributed by atoms with E-state index in [0.717, 1.165) is 10.6 Å². The van der Waals surface area contributed by atoms with Crippen LogP contribution in [0.25, 0.3) is 5.69 Å². The maximum absolute atomic E-state index is 15.4. The summed E-state index contributed by atoms with van der Waals surface area (Å²) in [6, 6.07) is 11.1. The van der Waals surface area contributed by atoms with Gasteiger partial charge in [-0.15, -0.1) is 0 Å². The Bertz CT molecular complexity index is 1670. The Balaban J connectivity index is 1.68. The molecule has 1 atom stereocenters. The van der Waals surface area contributed by atoms with E-state index >= 15 is 4.39 Å². The van der Waals surface area contributed by atoms with E-state index < -0.39 is 23.7 Å². The van der Waals surface area contributed by atoms with Gasteiger partial charge in [-0.2, -0.15) is 0 Å². The molecule has 5 rings (SSSR count). The molecule has 4 aromatic rings. The van der Waals surface area contributed by atoms with Crippen molar-refractivity contribution < 1.29 is 18.7 Å². The van der Waals surface area contributed by atoms with Crippen LogP contribution >= 0.6 is 23.2 Å². The van der Waals surface area contributed by atoms with Crippen LogP contribution in [0.2, 0.25) is 10.0 Å². The molecule has 0 bridgehead atoms. The van der Waals surface area contributed by atoms with Crippen LogP contribution in [0.3, 0.4) is 0 Å². The second kappa shape index (κ2) is 11.1. The molecule has 2 aromatic heterocycles. The molecule has 1 aliphatic heterocycles. The van der Waals surface area contributed by atoms with Gasteiger partial charge in [0.15, 0.2) is 0 Å². The van der Waals surface area contributed by atoms with Gasteiger partial charge in [0.1, 0.15) is 29.1 Å². The summed E-state index contributed by atoms with van der Waals surface area (Å²) in [5.74, 6) is -0.543. The second-order valence-corrected chi connectivity index (χ2v) is 11.1. The summed E-state index contributed by atoms with van der Waals surface area (Å²) < 4.78 is 22.9. The molecule has 0 radical (unpaired) electrons. The first-order valence-electron chi connectivity index (χ1n) is 12.8. The Morgan fingerprint density at radius 2 is 1.80 bits per heavy atom. The third kappa shape index (κ3) is 5.23. The number of benzene rings is 2. The molecule has 0 saturated carbocycles. The minimum atomic E-state index is -1.16. The molecular weight excluding hydrogens is 568 g/mol. The van der Waals surface area contributed by atoms with Crippen LogP contribution in [-0.4, -0.2) is 42.6 Å². The molecule has 8 nitrogen and oxygen atoms in total. The predicted molar refractivity (Wildman–Crippen MR) is 160 cm³/mol. The first kappa shape index (κ1) is 28.4. The minimum absolute atomic E-state index is 0.0104. The van der Waals surface area contributed by atoms with Crippen molar-refractivity contribution >= 4 is 52.2 Å². The number of carbonyl (C=O) groups is 2. The smallest absolute Gasteiger partial charge is 0.260 e. The van der Waals surface area contributed by atoms with E-state index in [0.29, 0.717) is 33.5 Å². The third-order valence-electron chi connectivity index (χ3n) is 6.92. The summed E-state index contributed by atoms with van der Waals surface area (Å²) in [5.41, 5.74) is 2.47. The Hall–Kier alpha value is -4.08. The summed E-state index contributed by atoms with van der Waals surface area (Å²) in [6.45, 7) is 3.99. The number of hydrogen-bond donors (Lipinski definition) is 1. The van der Waals surface area contributed by atoms with Crippen LogP contribution in [0.15, 0.2) is 60.9 Å². The number of amides is 2. The first-order valence-corrected chi connectivity index (χ1v) is 13.6. The van der Waals surface area contributed by atoms with Crippen LogP contribution < -0.4 is 19.9 Å². The number of pyridine rings is 1. The largest absolute Gasteiger partial charge is 0.494 e. The van der Waals surface area contributed by atoms with Crippen molar-refractivity contribution in [3.63, 3.8) is 0 Å². The number of carbonyl (C=O) groups excluding carboxylic acids is 2. The lowest BCUT2D eigenvalue weighted by molar-refractivity contribution is -0.116. The van der Waals surface area contributed by atoms with Gasteiger partial charge >= 0.3 is 0 Å². The standard InChI is InChI=1S/C30H28Cl2FN5O3/c1-16(2)23-10-17(15-37(23)25-14-34-27(36(3)4)13-26(25)41-5)30(40)38(24-12-19(32)7-9-21(24)33)28-20-8-6-18(31)11-22(20)35-29(28)39/h6-16,28H,1-5H3,(H,35,39). The van der Waals surface area contributed by atoms with Crippen molar-refractivity contribution in [3.05, 3.63) is 93.6 Å². The highest BCUT2D eigenvalue weighted by Gasteiger charge is 2.41. The van der Waals surface area contributed by atoms with Crippen LogP contribution in [0, 0.1) is 5.82 Å². The van der Waals surface area contributed by atoms with Crippen molar-refractivity contribution in [1.82, 2.24) is 9.55 Å². The van der Waals surface area contributed by atoms with Gasteiger partial charge in [-0.25, -0.2) is 9.37 Å². The van der Waals surface area contributed by atoms with Gasteiger partial charge in [0, 0.05) is 53.3 Å². The molecule has 1 unspecified atom stereocenters. The van der Waals surface area contributed by atoms with E-state index in [1.165, 1.54) is 18.2 Å². The zero-order valence-electron chi connectivity index (χ0n) is 23.1. The molecule has 0 spiro atoms. The zero-order chi connectivity index (χ0) is 29.6. The Morgan fingerprint density at radius 3 is 2.49 bits per heavy atom. The molecule has 0 aliphatic carbocycles. The van der Waals surface area contributed by atoms with Crippen molar-refractivity contribution in [2.45, 2.75) is 25.8 Å². The highest BCUT2D eigenvalue weighted by molar-refractivity contribution is 6.31. The highest BCUT2D eigenvalue weighted by Crippen LogP contribution is 2.41. The Kier molecular flexibility index (Phi) is 7.68. The summed E-state index contributed by atoms with van der Waals surface area (Å²) in [6.07, 6.45) is 3.32. The lowest BCUT2D eigenvalue weighted by Crippen LogP contribution is -2.39. The first-order chi connectivity index (χ1) is 19.5. The SMILES string of the molecule is COc1cc(N(C)C)ncc1-n1cc(C(=O)N(c2cc(Cl)ccc2F)C2C(=O)Nc3cc(Cl)ccc32)cc1C(C)C. The fourth-order valence-electron chi connectivity index (χ4n) is 4.91. The number of halogens is 3.